The Morgan fingerprint density at radius 3 is 2.12 bits per heavy atom. The second kappa shape index (κ2) is 9.87. The summed E-state index contributed by atoms with van der Waals surface area (Å²) in [7, 11) is 0. The van der Waals surface area contributed by atoms with Gasteiger partial charge < -0.3 is 20.5 Å². The molecule has 0 aromatic heterocycles. The zero-order chi connectivity index (χ0) is 24.3. The molecule has 0 heterocycles. The molecule has 2 aliphatic rings. The van der Waals surface area contributed by atoms with Crippen molar-refractivity contribution in [2.24, 2.45) is 5.92 Å². The first-order valence-corrected chi connectivity index (χ1v) is 12.1. The smallest absolute Gasteiger partial charge is 0.408 e. The van der Waals surface area contributed by atoms with Gasteiger partial charge >= 0.3 is 12.1 Å². The van der Waals surface area contributed by atoms with E-state index in [1.807, 2.05) is 38.1 Å². The van der Waals surface area contributed by atoms with Gasteiger partial charge in [-0.1, -0.05) is 68.8 Å². The van der Waals surface area contributed by atoms with E-state index in [1.165, 1.54) is 0 Å². The maximum atomic E-state index is 13.2. The van der Waals surface area contributed by atoms with Crippen molar-refractivity contribution in [2.75, 3.05) is 6.61 Å². The van der Waals surface area contributed by atoms with Gasteiger partial charge in [-0.25, -0.2) is 4.79 Å². The van der Waals surface area contributed by atoms with Gasteiger partial charge in [0.1, 0.15) is 12.1 Å². The Hall–Kier alpha value is -3.35. The predicted molar refractivity (Wildman–Crippen MR) is 128 cm³/mol. The van der Waals surface area contributed by atoms with Gasteiger partial charge in [-0.15, -0.1) is 0 Å². The molecule has 0 spiro atoms. The summed E-state index contributed by atoms with van der Waals surface area (Å²) in [6, 6.07) is 15.8. The molecular formula is C27H32N2O5. The van der Waals surface area contributed by atoms with Crippen LogP contribution in [-0.4, -0.2) is 41.3 Å². The highest BCUT2D eigenvalue weighted by atomic mass is 16.5. The zero-order valence-electron chi connectivity index (χ0n) is 19.7. The fourth-order valence-corrected chi connectivity index (χ4v) is 5.37. The van der Waals surface area contributed by atoms with Gasteiger partial charge in [0.2, 0.25) is 5.91 Å². The van der Waals surface area contributed by atoms with E-state index in [-0.39, 0.29) is 18.4 Å². The third kappa shape index (κ3) is 4.39. The number of carbonyl (C=O) groups excluding carboxylic acids is 2. The Balaban J connectivity index is 1.43. The van der Waals surface area contributed by atoms with Crippen LogP contribution in [0.2, 0.25) is 0 Å². The molecule has 7 heteroatoms. The van der Waals surface area contributed by atoms with Crippen LogP contribution in [0.4, 0.5) is 4.79 Å². The highest BCUT2D eigenvalue weighted by Gasteiger charge is 2.41. The highest BCUT2D eigenvalue weighted by molar-refractivity contribution is 5.90. The molecule has 7 nitrogen and oxygen atoms in total. The molecule has 1 saturated carbocycles. The predicted octanol–water partition coefficient (Wildman–Crippen LogP) is 4.45. The summed E-state index contributed by atoms with van der Waals surface area (Å²) in [5.41, 5.74) is 3.37. The average Bonchev–Trinajstić information content (AvgIpc) is 3.44. The number of hydrogen-bond donors (Lipinski definition) is 3. The van der Waals surface area contributed by atoms with E-state index in [9.17, 15) is 19.5 Å². The van der Waals surface area contributed by atoms with Crippen molar-refractivity contribution in [2.45, 2.75) is 63.5 Å². The van der Waals surface area contributed by atoms with Crippen molar-refractivity contribution in [1.82, 2.24) is 10.6 Å². The van der Waals surface area contributed by atoms with Crippen molar-refractivity contribution in [1.29, 1.82) is 0 Å². The van der Waals surface area contributed by atoms with E-state index in [0.717, 1.165) is 28.7 Å². The fraction of sp³-hybridized carbons (Fsp3) is 0.444. The Morgan fingerprint density at radius 2 is 1.56 bits per heavy atom. The monoisotopic (exact) mass is 464 g/mol. The molecular weight excluding hydrogens is 432 g/mol. The summed E-state index contributed by atoms with van der Waals surface area (Å²) in [5, 5.41) is 15.1. The molecule has 0 bridgehead atoms. The SMILES string of the molecule is CCC(CC)(NC(=O)OCC1c2ccccc2-c2ccccc21)C(=O)NC1CCCC1C(=O)O. The summed E-state index contributed by atoms with van der Waals surface area (Å²) in [6.07, 6.45) is 2.01. The van der Waals surface area contributed by atoms with Crippen LogP contribution in [0.25, 0.3) is 11.1 Å². The van der Waals surface area contributed by atoms with Crippen molar-refractivity contribution in [3.05, 3.63) is 59.7 Å². The van der Waals surface area contributed by atoms with Gasteiger partial charge in [-0.3, -0.25) is 9.59 Å². The quantitative estimate of drug-likeness (QED) is 0.535. The third-order valence-electron chi connectivity index (χ3n) is 7.48. The molecule has 2 aromatic rings. The number of amides is 2. The minimum Gasteiger partial charge on any atom is -0.481 e. The number of nitrogens with one attached hydrogen (secondary N) is 2. The average molecular weight is 465 g/mol. The normalized spacial score (nSPS) is 19.2. The van der Waals surface area contributed by atoms with Crippen molar-refractivity contribution >= 4 is 18.0 Å². The maximum absolute atomic E-state index is 13.2. The minimum absolute atomic E-state index is 0.0700. The van der Waals surface area contributed by atoms with Gasteiger partial charge in [-0.2, -0.15) is 0 Å². The van der Waals surface area contributed by atoms with E-state index >= 15 is 0 Å². The lowest BCUT2D eigenvalue weighted by molar-refractivity contribution is -0.142. The number of carboxylic acids is 1. The van der Waals surface area contributed by atoms with Crippen LogP contribution in [0.1, 0.15) is 63.0 Å². The number of rotatable bonds is 8. The lowest BCUT2D eigenvalue weighted by Gasteiger charge is -2.33. The lowest BCUT2D eigenvalue weighted by atomic mass is 9.90. The van der Waals surface area contributed by atoms with E-state index in [0.29, 0.717) is 25.7 Å². The first-order chi connectivity index (χ1) is 16.4. The Labute approximate surface area is 199 Å². The standard InChI is InChI=1S/C27H32N2O5/c1-3-27(4-2,25(32)28-23-15-9-14-21(23)24(30)31)29-26(33)34-16-22-19-12-7-5-10-17(19)18-11-6-8-13-20(18)22/h5-8,10-13,21-23H,3-4,9,14-16H2,1-2H3,(H,28,32)(H,29,33)(H,30,31). The molecule has 1 fully saturated rings. The largest absolute Gasteiger partial charge is 0.481 e. The number of fused-ring (bicyclic) bond motifs is 3. The first kappa shape index (κ1) is 23.8. The molecule has 0 saturated heterocycles. The maximum Gasteiger partial charge on any atom is 0.408 e. The van der Waals surface area contributed by atoms with Crippen LogP contribution < -0.4 is 10.6 Å². The number of aliphatic carboxylic acids is 1. The lowest BCUT2D eigenvalue weighted by Crippen LogP contribution is -2.60. The van der Waals surface area contributed by atoms with Gasteiger partial charge in [-0.05, 0) is 47.9 Å². The van der Waals surface area contributed by atoms with Crippen LogP contribution in [-0.2, 0) is 14.3 Å². The zero-order valence-corrected chi connectivity index (χ0v) is 19.7. The Bertz CT molecular complexity index is 1030. The second-order valence-corrected chi connectivity index (χ2v) is 9.20. The molecule has 4 rings (SSSR count). The van der Waals surface area contributed by atoms with Crippen LogP contribution in [0.15, 0.2) is 48.5 Å². The van der Waals surface area contributed by atoms with Gasteiger partial charge in [0, 0.05) is 12.0 Å². The molecule has 2 unspecified atom stereocenters. The summed E-state index contributed by atoms with van der Waals surface area (Å²) in [6.45, 7) is 3.82. The first-order valence-electron chi connectivity index (χ1n) is 12.1. The number of ether oxygens (including phenoxy) is 1. The van der Waals surface area contributed by atoms with Crippen LogP contribution >= 0.6 is 0 Å². The van der Waals surface area contributed by atoms with Crippen LogP contribution in [0, 0.1) is 5.92 Å². The number of alkyl carbamates (subject to hydrolysis) is 1. The van der Waals surface area contributed by atoms with Crippen LogP contribution in [0.5, 0.6) is 0 Å². The van der Waals surface area contributed by atoms with Crippen LogP contribution in [0.3, 0.4) is 0 Å². The van der Waals surface area contributed by atoms with Crippen molar-refractivity contribution in [3.8, 4) is 11.1 Å². The molecule has 0 radical (unpaired) electrons. The summed E-state index contributed by atoms with van der Waals surface area (Å²) in [4.78, 5) is 37.6. The van der Waals surface area contributed by atoms with Gasteiger partial charge in [0.25, 0.3) is 0 Å². The second-order valence-electron chi connectivity index (χ2n) is 9.20. The van der Waals surface area contributed by atoms with Gasteiger partial charge in [0.05, 0.1) is 5.92 Å². The van der Waals surface area contributed by atoms with E-state index < -0.39 is 29.6 Å². The molecule has 180 valence electrons. The number of carboxylic acid groups (broad SMARTS) is 1. The molecule has 34 heavy (non-hydrogen) atoms. The molecule has 2 aromatic carbocycles. The van der Waals surface area contributed by atoms with Crippen molar-refractivity contribution < 1.29 is 24.2 Å². The Morgan fingerprint density at radius 1 is 0.971 bits per heavy atom. The van der Waals surface area contributed by atoms with Gasteiger partial charge in [0.15, 0.2) is 0 Å². The molecule has 2 aliphatic carbocycles. The van der Waals surface area contributed by atoms with E-state index in [4.69, 9.17) is 4.74 Å². The number of hydrogen-bond acceptors (Lipinski definition) is 4. The fourth-order valence-electron chi connectivity index (χ4n) is 5.37. The van der Waals surface area contributed by atoms with Crippen molar-refractivity contribution in [3.63, 3.8) is 0 Å². The summed E-state index contributed by atoms with van der Waals surface area (Å²) < 4.78 is 5.65. The van der Waals surface area contributed by atoms with E-state index in [1.54, 1.807) is 0 Å². The minimum atomic E-state index is -1.16. The number of benzene rings is 2. The summed E-state index contributed by atoms with van der Waals surface area (Å²) >= 11 is 0. The summed E-state index contributed by atoms with van der Waals surface area (Å²) in [5.74, 6) is -1.92. The topological polar surface area (TPSA) is 105 Å². The third-order valence-corrected chi connectivity index (χ3v) is 7.48. The highest BCUT2D eigenvalue weighted by Crippen LogP contribution is 2.44. The van der Waals surface area contributed by atoms with E-state index in [2.05, 4.69) is 34.9 Å². The Kier molecular flexibility index (Phi) is 6.91. The number of carbonyl (C=O) groups is 3. The molecule has 2 amide bonds. The molecule has 3 N–H and O–H groups in total. The molecule has 0 aliphatic heterocycles. The molecule has 2 atom stereocenters.